The predicted molar refractivity (Wildman–Crippen MR) is 82.1 cm³/mol. The third-order valence-electron chi connectivity index (χ3n) is 5.09. The van der Waals surface area contributed by atoms with Gasteiger partial charge < -0.3 is 5.32 Å². The molecule has 0 saturated carbocycles. The molecular formula is C16H31N3O. The van der Waals surface area contributed by atoms with Gasteiger partial charge >= 0.3 is 0 Å². The van der Waals surface area contributed by atoms with Gasteiger partial charge in [0.2, 0.25) is 5.91 Å². The minimum atomic E-state index is 0.198. The van der Waals surface area contributed by atoms with Crippen LogP contribution in [0.2, 0.25) is 0 Å². The molecule has 4 heteroatoms. The highest BCUT2D eigenvalue weighted by atomic mass is 16.2. The predicted octanol–water partition coefficient (Wildman–Crippen LogP) is 2.31. The molecule has 0 aromatic rings. The van der Waals surface area contributed by atoms with Crippen LogP contribution in [0.25, 0.3) is 0 Å². The van der Waals surface area contributed by atoms with E-state index in [2.05, 4.69) is 36.5 Å². The molecule has 2 saturated heterocycles. The zero-order valence-electron chi connectivity index (χ0n) is 13.3. The molecular weight excluding hydrogens is 250 g/mol. The minimum absolute atomic E-state index is 0.198. The van der Waals surface area contributed by atoms with Crippen molar-refractivity contribution in [3.05, 3.63) is 0 Å². The van der Waals surface area contributed by atoms with Crippen molar-refractivity contribution in [3.8, 4) is 0 Å². The van der Waals surface area contributed by atoms with Gasteiger partial charge in [-0.15, -0.1) is 0 Å². The van der Waals surface area contributed by atoms with Crippen LogP contribution in [0.1, 0.15) is 59.3 Å². The third kappa shape index (κ3) is 4.19. The number of hydrogen-bond acceptors (Lipinski definition) is 3. The SMILES string of the molecule is CC(CC(=O)NN1C(C)CCCC1C)C1CCCNC1. The average Bonchev–Trinajstić information content (AvgIpc) is 2.44. The highest BCUT2D eigenvalue weighted by Crippen LogP contribution is 2.24. The Balaban J connectivity index is 1.78. The van der Waals surface area contributed by atoms with Gasteiger partial charge in [-0.25, -0.2) is 5.01 Å². The van der Waals surface area contributed by atoms with Crippen LogP contribution in [0, 0.1) is 11.8 Å². The highest BCUT2D eigenvalue weighted by Gasteiger charge is 2.27. The lowest BCUT2D eigenvalue weighted by Crippen LogP contribution is -2.54. The number of carbonyl (C=O) groups is 1. The molecule has 0 spiro atoms. The molecule has 2 fully saturated rings. The Morgan fingerprint density at radius 3 is 2.55 bits per heavy atom. The first-order valence-electron chi connectivity index (χ1n) is 8.36. The summed E-state index contributed by atoms with van der Waals surface area (Å²) in [6, 6.07) is 0.934. The van der Waals surface area contributed by atoms with Crippen LogP contribution in [-0.2, 0) is 4.79 Å². The molecule has 0 aliphatic carbocycles. The van der Waals surface area contributed by atoms with Crippen molar-refractivity contribution in [1.82, 2.24) is 15.8 Å². The summed E-state index contributed by atoms with van der Waals surface area (Å²) in [5.74, 6) is 1.33. The van der Waals surface area contributed by atoms with E-state index < -0.39 is 0 Å². The Morgan fingerprint density at radius 1 is 1.25 bits per heavy atom. The van der Waals surface area contributed by atoms with E-state index in [9.17, 15) is 4.79 Å². The average molecular weight is 281 g/mol. The van der Waals surface area contributed by atoms with Gasteiger partial charge in [0, 0.05) is 18.5 Å². The number of hydrogen-bond donors (Lipinski definition) is 2. The van der Waals surface area contributed by atoms with Crippen LogP contribution >= 0.6 is 0 Å². The van der Waals surface area contributed by atoms with Crippen LogP contribution in [0.4, 0.5) is 0 Å². The van der Waals surface area contributed by atoms with Gasteiger partial charge in [-0.1, -0.05) is 13.3 Å². The van der Waals surface area contributed by atoms with E-state index in [1.165, 1.54) is 32.1 Å². The molecule has 4 atom stereocenters. The second kappa shape index (κ2) is 7.41. The second-order valence-corrected chi connectivity index (χ2v) is 6.86. The Bertz CT molecular complexity index is 305. The molecule has 2 N–H and O–H groups in total. The summed E-state index contributed by atoms with van der Waals surface area (Å²) >= 11 is 0. The third-order valence-corrected chi connectivity index (χ3v) is 5.09. The van der Waals surface area contributed by atoms with Crippen molar-refractivity contribution in [3.63, 3.8) is 0 Å². The van der Waals surface area contributed by atoms with E-state index in [0.717, 1.165) is 13.1 Å². The van der Waals surface area contributed by atoms with E-state index in [0.29, 0.717) is 30.3 Å². The number of hydrazine groups is 1. The molecule has 2 aliphatic heterocycles. The topological polar surface area (TPSA) is 44.4 Å². The van der Waals surface area contributed by atoms with Gasteiger partial charge in [-0.05, 0) is 64.5 Å². The number of nitrogens with one attached hydrogen (secondary N) is 2. The molecule has 0 aromatic carbocycles. The lowest BCUT2D eigenvalue weighted by Gasteiger charge is -2.39. The first-order chi connectivity index (χ1) is 9.58. The monoisotopic (exact) mass is 281 g/mol. The smallest absolute Gasteiger partial charge is 0.234 e. The van der Waals surface area contributed by atoms with Crippen molar-refractivity contribution >= 4 is 5.91 Å². The summed E-state index contributed by atoms with van der Waals surface area (Å²) in [6.45, 7) is 8.86. The van der Waals surface area contributed by atoms with Crippen molar-refractivity contribution in [2.45, 2.75) is 71.4 Å². The number of piperidine rings is 2. The Labute approximate surface area is 123 Å². The van der Waals surface area contributed by atoms with E-state index in [1.54, 1.807) is 0 Å². The molecule has 2 rings (SSSR count). The molecule has 116 valence electrons. The van der Waals surface area contributed by atoms with Crippen LogP contribution < -0.4 is 10.7 Å². The quantitative estimate of drug-likeness (QED) is 0.831. The number of amides is 1. The van der Waals surface area contributed by atoms with Crippen LogP contribution in [-0.4, -0.2) is 36.1 Å². The van der Waals surface area contributed by atoms with Crippen molar-refractivity contribution in [1.29, 1.82) is 0 Å². The Kier molecular flexibility index (Phi) is 5.85. The van der Waals surface area contributed by atoms with Gasteiger partial charge in [0.05, 0.1) is 0 Å². The second-order valence-electron chi connectivity index (χ2n) is 6.86. The van der Waals surface area contributed by atoms with Gasteiger partial charge in [0.15, 0.2) is 0 Å². The molecule has 2 heterocycles. The van der Waals surface area contributed by atoms with Gasteiger partial charge in [-0.2, -0.15) is 0 Å². The molecule has 20 heavy (non-hydrogen) atoms. The molecule has 4 unspecified atom stereocenters. The standard InChI is InChI=1S/C16H31N3O/c1-12(15-8-5-9-17-11-15)10-16(20)18-19-13(2)6-4-7-14(19)3/h12-15,17H,4-11H2,1-3H3,(H,18,20). The lowest BCUT2D eigenvalue weighted by atomic mass is 9.85. The van der Waals surface area contributed by atoms with Crippen LogP contribution in [0.3, 0.4) is 0 Å². The zero-order chi connectivity index (χ0) is 14.5. The van der Waals surface area contributed by atoms with E-state index in [1.807, 2.05) is 0 Å². The maximum atomic E-state index is 12.3. The summed E-state index contributed by atoms with van der Waals surface area (Å²) in [5, 5.41) is 5.62. The van der Waals surface area contributed by atoms with E-state index in [-0.39, 0.29) is 5.91 Å². The lowest BCUT2D eigenvalue weighted by molar-refractivity contribution is -0.130. The van der Waals surface area contributed by atoms with Crippen molar-refractivity contribution < 1.29 is 4.79 Å². The Morgan fingerprint density at radius 2 is 1.95 bits per heavy atom. The highest BCUT2D eigenvalue weighted by molar-refractivity contribution is 5.75. The summed E-state index contributed by atoms with van der Waals surface area (Å²) in [5.41, 5.74) is 3.16. The Hall–Kier alpha value is -0.610. The minimum Gasteiger partial charge on any atom is -0.316 e. The number of rotatable bonds is 4. The largest absolute Gasteiger partial charge is 0.316 e. The van der Waals surface area contributed by atoms with Gasteiger partial charge in [0.25, 0.3) is 0 Å². The first kappa shape index (κ1) is 15.8. The molecule has 1 amide bonds. The van der Waals surface area contributed by atoms with Crippen molar-refractivity contribution in [2.24, 2.45) is 11.8 Å². The summed E-state index contributed by atoms with van der Waals surface area (Å²) < 4.78 is 0. The molecule has 0 aromatic heterocycles. The maximum absolute atomic E-state index is 12.3. The fraction of sp³-hybridized carbons (Fsp3) is 0.938. The number of carbonyl (C=O) groups excluding carboxylic acids is 1. The first-order valence-corrected chi connectivity index (χ1v) is 8.36. The van der Waals surface area contributed by atoms with Gasteiger partial charge in [-0.3, -0.25) is 10.2 Å². The normalized spacial score (nSPS) is 33.6. The molecule has 0 radical (unpaired) electrons. The number of nitrogens with zero attached hydrogens (tertiary/aromatic N) is 1. The zero-order valence-corrected chi connectivity index (χ0v) is 13.3. The maximum Gasteiger partial charge on any atom is 0.234 e. The fourth-order valence-electron chi connectivity index (χ4n) is 3.65. The fourth-order valence-corrected chi connectivity index (χ4v) is 3.65. The van der Waals surface area contributed by atoms with Gasteiger partial charge in [0.1, 0.15) is 0 Å². The van der Waals surface area contributed by atoms with E-state index >= 15 is 0 Å². The summed E-state index contributed by atoms with van der Waals surface area (Å²) in [6.07, 6.45) is 6.81. The summed E-state index contributed by atoms with van der Waals surface area (Å²) in [4.78, 5) is 12.3. The molecule has 0 bridgehead atoms. The van der Waals surface area contributed by atoms with E-state index in [4.69, 9.17) is 0 Å². The van der Waals surface area contributed by atoms with Crippen molar-refractivity contribution in [2.75, 3.05) is 13.1 Å². The summed E-state index contributed by atoms with van der Waals surface area (Å²) in [7, 11) is 0. The molecule has 4 nitrogen and oxygen atoms in total. The molecule has 2 aliphatic rings. The van der Waals surface area contributed by atoms with Crippen LogP contribution in [0.15, 0.2) is 0 Å². The van der Waals surface area contributed by atoms with Crippen LogP contribution in [0.5, 0.6) is 0 Å².